The highest BCUT2D eigenvalue weighted by atomic mass is 16.5. The summed E-state index contributed by atoms with van der Waals surface area (Å²) in [6.45, 7) is 0.257. The zero-order valence-corrected chi connectivity index (χ0v) is 9.93. The van der Waals surface area contributed by atoms with E-state index >= 15 is 0 Å². The van der Waals surface area contributed by atoms with Crippen LogP contribution < -0.4 is 10.1 Å². The molecule has 0 atom stereocenters. The Kier molecular flexibility index (Phi) is 4.98. The van der Waals surface area contributed by atoms with Crippen molar-refractivity contribution in [2.45, 2.75) is 0 Å². The van der Waals surface area contributed by atoms with Crippen LogP contribution in [0.4, 0.5) is 5.69 Å². The lowest BCUT2D eigenvalue weighted by Gasteiger charge is -2.12. The number of anilines is 1. The zero-order valence-electron chi connectivity index (χ0n) is 9.93. The number of carbonyl (C=O) groups is 1. The summed E-state index contributed by atoms with van der Waals surface area (Å²) < 4.78 is 5.20. The van der Waals surface area contributed by atoms with Gasteiger partial charge in [-0.15, -0.1) is 0 Å². The van der Waals surface area contributed by atoms with Gasteiger partial charge in [0.15, 0.2) is 6.61 Å². The van der Waals surface area contributed by atoms with Crippen LogP contribution in [0.3, 0.4) is 0 Å². The van der Waals surface area contributed by atoms with Crippen LogP contribution in [-0.2, 0) is 4.79 Å². The predicted molar refractivity (Wildman–Crippen MR) is 64.7 cm³/mol. The number of nitrogens with zero attached hydrogens (tertiary/aromatic N) is 2. The zero-order chi connectivity index (χ0) is 12.7. The van der Waals surface area contributed by atoms with Gasteiger partial charge >= 0.3 is 0 Å². The first-order chi connectivity index (χ1) is 8.13. The van der Waals surface area contributed by atoms with Crippen LogP contribution in [0.15, 0.2) is 24.3 Å². The van der Waals surface area contributed by atoms with Crippen molar-refractivity contribution in [3.05, 3.63) is 24.3 Å². The third-order valence-corrected chi connectivity index (χ3v) is 1.91. The molecule has 0 fully saturated rings. The molecule has 0 saturated carbocycles. The molecule has 17 heavy (non-hydrogen) atoms. The molecule has 5 nitrogen and oxygen atoms in total. The number of para-hydroxylation sites is 2. The van der Waals surface area contributed by atoms with Crippen molar-refractivity contribution in [3.63, 3.8) is 0 Å². The van der Waals surface area contributed by atoms with E-state index < -0.39 is 0 Å². The van der Waals surface area contributed by atoms with Crippen molar-refractivity contribution in [2.75, 3.05) is 32.6 Å². The number of likely N-dealkylation sites (N-methyl/N-ethyl adjacent to an activating group) is 1. The van der Waals surface area contributed by atoms with Crippen LogP contribution in [0.25, 0.3) is 0 Å². The van der Waals surface area contributed by atoms with Gasteiger partial charge in [-0.2, -0.15) is 5.26 Å². The summed E-state index contributed by atoms with van der Waals surface area (Å²) in [6.07, 6.45) is 0. The molecule has 0 aliphatic heterocycles. The van der Waals surface area contributed by atoms with Crippen molar-refractivity contribution in [2.24, 2.45) is 0 Å². The molecule has 1 aromatic rings. The van der Waals surface area contributed by atoms with Gasteiger partial charge in [0.2, 0.25) is 5.91 Å². The lowest BCUT2D eigenvalue weighted by Crippen LogP contribution is -2.27. The van der Waals surface area contributed by atoms with Gasteiger partial charge in [-0.05, 0) is 26.2 Å². The average molecular weight is 233 g/mol. The fourth-order valence-electron chi connectivity index (χ4n) is 1.28. The van der Waals surface area contributed by atoms with Crippen LogP contribution in [0, 0.1) is 11.3 Å². The van der Waals surface area contributed by atoms with E-state index in [1.807, 2.05) is 20.2 Å². The van der Waals surface area contributed by atoms with Crippen molar-refractivity contribution < 1.29 is 9.53 Å². The Balaban J connectivity index is 2.69. The Bertz CT molecular complexity index is 424. The molecule has 1 rings (SSSR count). The molecule has 0 aliphatic carbocycles. The predicted octanol–water partition coefficient (Wildman–Crippen LogP) is 1.09. The number of hydrogen-bond acceptors (Lipinski definition) is 4. The Hall–Kier alpha value is -2.06. The van der Waals surface area contributed by atoms with E-state index in [0.717, 1.165) is 0 Å². The van der Waals surface area contributed by atoms with Crippen LogP contribution in [0.1, 0.15) is 0 Å². The highest BCUT2D eigenvalue weighted by Gasteiger charge is 2.07. The first-order valence-corrected chi connectivity index (χ1v) is 5.17. The quantitative estimate of drug-likeness (QED) is 0.826. The van der Waals surface area contributed by atoms with Gasteiger partial charge in [-0.1, -0.05) is 12.1 Å². The standard InChI is InChI=1S/C12H15N3O2/c1-15(2)9-12(16)14-10-5-3-4-6-11(10)17-8-7-13/h3-6H,8-9H2,1-2H3,(H,14,16). The third-order valence-electron chi connectivity index (χ3n) is 1.91. The molecule has 90 valence electrons. The minimum Gasteiger partial charge on any atom is -0.477 e. The van der Waals surface area contributed by atoms with Gasteiger partial charge in [0.25, 0.3) is 0 Å². The molecule has 0 saturated heterocycles. The first-order valence-electron chi connectivity index (χ1n) is 5.17. The molecule has 1 aromatic carbocycles. The van der Waals surface area contributed by atoms with E-state index in [9.17, 15) is 4.79 Å². The van der Waals surface area contributed by atoms with Crippen LogP contribution >= 0.6 is 0 Å². The molecule has 5 heteroatoms. The molecule has 0 bridgehead atoms. The van der Waals surface area contributed by atoms with Crippen LogP contribution in [-0.4, -0.2) is 38.1 Å². The van der Waals surface area contributed by atoms with E-state index in [1.165, 1.54) is 0 Å². The maximum Gasteiger partial charge on any atom is 0.238 e. The van der Waals surface area contributed by atoms with Gasteiger partial charge in [0, 0.05) is 0 Å². The lowest BCUT2D eigenvalue weighted by molar-refractivity contribution is -0.116. The monoisotopic (exact) mass is 233 g/mol. The van der Waals surface area contributed by atoms with Gasteiger partial charge in [0.05, 0.1) is 12.2 Å². The van der Waals surface area contributed by atoms with E-state index in [1.54, 1.807) is 29.2 Å². The van der Waals surface area contributed by atoms with E-state index in [0.29, 0.717) is 18.0 Å². The number of carbonyl (C=O) groups excluding carboxylic acids is 1. The third kappa shape index (κ3) is 4.53. The minimum absolute atomic E-state index is 0.0411. The van der Waals surface area contributed by atoms with Gasteiger partial charge < -0.3 is 15.0 Å². The fourth-order valence-corrected chi connectivity index (χ4v) is 1.28. The van der Waals surface area contributed by atoms with E-state index in [-0.39, 0.29) is 12.5 Å². The van der Waals surface area contributed by atoms with E-state index in [2.05, 4.69) is 5.32 Å². The first kappa shape index (κ1) is 13.0. The number of nitriles is 1. The van der Waals surface area contributed by atoms with Gasteiger partial charge in [-0.3, -0.25) is 4.79 Å². The summed E-state index contributed by atoms with van der Waals surface area (Å²) in [4.78, 5) is 13.3. The topological polar surface area (TPSA) is 65.4 Å². The SMILES string of the molecule is CN(C)CC(=O)Nc1ccccc1OCC#N. The summed E-state index contributed by atoms with van der Waals surface area (Å²) in [5.74, 6) is 0.379. The molecule has 0 aliphatic rings. The Labute approximate surface area is 101 Å². The molecule has 0 radical (unpaired) electrons. The lowest BCUT2D eigenvalue weighted by atomic mass is 10.3. The van der Waals surface area contributed by atoms with Crippen LogP contribution in [0.5, 0.6) is 5.75 Å². The molecule has 0 heterocycles. The normalized spacial score (nSPS) is 9.76. The average Bonchev–Trinajstić information content (AvgIpc) is 2.26. The highest BCUT2D eigenvalue weighted by Crippen LogP contribution is 2.23. The molecule has 1 N–H and O–H groups in total. The van der Waals surface area contributed by atoms with Crippen molar-refractivity contribution in [3.8, 4) is 11.8 Å². The maximum atomic E-state index is 11.6. The number of amides is 1. The van der Waals surface area contributed by atoms with Gasteiger partial charge in [0.1, 0.15) is 11.8 Å². The number of hydrogen-bond donors (Lipinski definition) is 1. The largest absolute Gasteiger partial charge is 0.477 e. The second kappa shape index (κ2) is 6.51. The highest BCUT2D eigenvalue weighted by molar-refractivity contribution is 5.93. The number of benzene rings is 1. The molecular formula is C12H15N3O2. The van der Waals surface area contributed by atoms with Crippen LogP contribution in [0.2, 0.25) is 0 Å². The molecular weight excluding hydrogens is 218 g/mol. The molecule has 0 spiro atoms. The summed E-state index contributed by atoms with van der Waals surface area (Å²) in [5, 5.41) is 11.2. The van der Waals surface area contributed by atoms with E-state index in [4.69, 9.17) is 10.00 Å². The summed E-state index contributed by atoms with van der Waals surface area (Å²) in [5.41, 5.74) is 0.578. The summed E-state index contributed by atoms with van der Waals surface area (Å²) in [7, 11) is 3.63. The Morgan fingerprint density at radius 1 is 1.47 bits per heavy atom. The van der Waals surface area contributed by atoms with Crippen molar-refractivity contribution in [1.29, 1.82) is 5.26 Å². The number of ether oxygens (including phenoxy) is 1. The smallest absolute Gasteiger partial charge is 0.238 e. The minimum atomic E-state index is -0.122. The number of rotatable bonds is 5. The second-order valence-corrected chi connectivity index (χ2v) is 3.73. The summed E-state index contributed by atoms with van der Waals surface area (Å²) in [6, 6.07) is 8.92. The van der Waals surface area contributed by atoms with Crippen molar-refractivity contribution >= 4 is 11.6 Å². The Morgan fingerprint density at radius 2 is 2.18 bits per heavy atom. The van der Waals surface area contributed by atoms with Crippen molar-refractivity contribution in [1.82, 2.24) is 4.90 Å². The molecule has 0 aromatic heterocycles. The maximum absolute atomic E-state index is 11.6. The molecule has 0 unspecified atom stereocenters. The molecule has 1 amide bonds. The fraction of sp³-hybridized carbons (Fsp3) is 0.333. The number of nitrogens with one attached hydrogen (secondary N) is 1. The van der Waals surface area contributed by atoms with Gasteiger partial charge in [-0.25, -0.2) is 0 Å². The Morgan fingerprint density at radius 3 is 2.82 bits per heavy atom. The second-order valence-electron chi connectivity index (χ2n) is 3.73. The summed E-state index contributed by atoms with van der Waals surface area (Å²) >= 11 is 0.